The number of hydrogen-bond donors (Lipinski definition) is 0. The number of hydrogen-bond acceptors (Lipinski definition) is 2. The lowest BCUT2D eigenvalue weighted by Crippen LogP contribution is -2.03. The molecule has 108 valence electrons. The fourth-order valence-corrected chi connectivity index (χ4v) is 3.40. The highest BCUT2D eigenvalue weighted by Gasteiger charge is 2.07. The Labute approximate surface area is 133 Å². The average molecular weight is 304 g/mol. The molecule has 0 atom stereocenters. The molecular formula is C19H16N2S. The van der Waals surface area contributed by atoms with E-state index in [1.165, 1.54) is 22.0 Å². The minimum atomic E-state index is 1.16. The predicted molar refractivity (Wildman–Crippen MR) is 95.6 cm³/mol. The molecule has 2 nitrogen and oxygen atoms in total. The molecule has 0 radical (unpaired) electrons. The molecule has 3 heteroatoms. The molecule has 0 N–H and O–H groups in total. The highest BCUT2D eigenvalue weighted by molar-refractivity contribution is 7.08. The van der Waals surface area contributed by atoms with Crippen LogP contribution < -0.4 is 0 Å². The molecule has 4 rings (SSSR count). The molecule has 0 bridgehead atoms. The first-order valence-corrected chi connectivity index (χ1v) is 8.18. The molecule has 2 aromatic heterocycles. The fraction of sp³-hybridized carbons (Fsp3) is 0.0526. The predicted octanol–water partition coefficient (Wildman–Crippen LogP) is 5.18. The van der Waals surface area contributed by atoms with Crippen molar-refractivity contribution in [1.29, 1.82) is 0 Å². The average Bonchev–Trinajstić information content (AvgIpc) is 3.15. The largest absolute Gasteiger partial charge is 0.355 e. The normalized spacial score (nSPS) is 14.4. The van der Waals surface area contributed by atoms with Gasteiger partial charge in [0.15, 0.2) is 0 Å². The van der Waals surface area contributed by atoms with E-state index in [0.717, 1.165) is 5.70 Å². The number of benzene rings is 1. The standard InChI is InChI=1S/C19H16N2S/c1-20-9-3-2-4-18(13-20)21-10-7-15-5-6-16(12-19(15)21)17-8-11-22-14-17/h2-14H,1H3. The van der Waals surface area contributed by atoms with Gasteiger partial charge in [0.1, 0.15) is 0 Å². The van der Waals surface area contributed by atoms with Crippen LogP contribution in [0.3, 0.4) is 0 Å². The summed E-state index contributed by atoms with van der Waals surface area (Å²) in [6, 6.07) is 11.0. The van der Waals surface area contributed by atoms with Gasteiger partial charge in [-0.25, -0.2) is 0 Å². The first kappa shape index (κ1) is 13.2. The van der Waals surface area contributed by atoms with Crippen molar-refractivity contribution in [1.82, 2.24) is 9.47 Å². The summed E-state index contributed by atoms with van der Waals surface area (Å²) in [5, 5.41) is 5.57. The third kappa shape index (κ3) is 2.30. The molecular weight excluding hydrogens is 288 g/mol. The topological polar surface area (TPSA) is 8.17 Å². The van der Waals surface area contributed by atoms with E-state index < -0.39 is 0 Å². The summed E-state index contributed by atoms with van der Waals surface area (Å²) in [7, 11) is 2.05. The Morgan fingerprint density at radius 3 is 2.82 bits per heavy atom. The van der Waals surface area contributed by atoms with Gasteiger partial charge in [0, 0.05) is 25.6 Å². The van der Waals surface area contributed by atoms with E-state index in [2.05, 4.69) is 75.1 Å². The van der Waals surface area contributed by atoms with Crippen molar-refractivity contribution in [3.63, 3.8) is 0 Å². The van der Waals surface area contributed by atoms with Crippen LogP contribution in [0.15, 0.2) is 77.9 Å². The van der Waals surface area contributed by atoms with E-state index in [1.54, 1.807) is 11.3 Å². The van der Waals surface area contributed by atoms with Crippen LogP contribution in [-0.2, 0) is 0 Å². The second-order valence-electron chi connectivity index (χ2n) is 5.39. The van der Waals surface area contributed by atoms with Gasteiger partial charge >= 0.3 is 0 Å². The van der Waals surface area contributed by atoms with Crippen LogP contribution in [-0.4, -0.2) is 16.5 Å². The summed E-state index contributed by atoms with van der Waals surface area (Å²) in [5.74, 6) is 0. The summed E-state index contributed by atoms with van der Waals surface area (Å²) in [6.45, 7) is 0. The van der Waals surface area contributed by atoms with Crippen LogP contribution in [0.1, 0.15) is 0 Å². The maximum Gasteiger partial charge on any atom is 0.0617 e. The van der Waals surface area contributed by atoms with Crippen LogP contribution in [0, 0.1) is 0 Å². The van der Waals surface area contributed by atoms with Crippen LogP contribution in [0.5, 0.6) is 0 Å². The van der Waals surface area contributed by atoms with E-state index in [0.29, 0.717) is 0 Å². The van der Waals surface area contributed by atoms with Gasteiger partial charge in [-0.3, -0.25) is 0 Å². The molecule has 0 aliphatic carbocycles. The second-order valence-corrected chi connectivity index (χ2v) is 6.17. The molecule has 0 fully saturated rings. The van der Waals surface area contributed by atoms with Gasteiger partial charge in [-0.1, -0.05) is 18.2 Å². The quantitative estimate of drug-likeness (QED) is 0.633. The first-order chi connectivity index (χ1) is 10.8. The zero-order chi connectivity index (χ0) is 14.9. The second kappa shape index (κ2) is 5.35. The van der Waals surface area contributed by atoms with Crippen LogP contribution in [0.4, 0.5) is 0 Å². The van der Waals surface area contributed by atoms with Crippen LogP contribution in [0.2, 0.25) is 0 Å². The number of allylic oxidation sites excluding steroid dienone is 4. The van der Waals surface area contributed by atoms with Crippen molar-refractivity contribution in [3.8, 4) is 11.1 Å². The van der Waals surface area contributed by atoms with E-state index in [4.69, 9.17) is 0 Å². The van der Waals surface area contributed by atoms with Gasteiger partial charge in [-0.15, -0.1) is 0 Å². The third-order valence-electron chi connectivity index (χ3n) is 3.86. The summed E-state index contributed by atoms with van der Waals surface area (Å²) >= 11 is 1.73. The fourth-order valence-electron chi connectivity index (χ4n) is 2.74. The number of rotatable bonds is 2. The molecule has 0 spiro atoms. The molecule has 0 amide bonds. The molecule has 1 aliphatic rings. The van der Waals surface area contributed by atoms with E-state index in [9.17, 15) is 0 Å². The third-order valence-corrected chi connectivity index (χ3v) is 4.54. The summed E-state index contributed by atoms with van der Waals surface area (Å²) < 4.78 is 2.24. The van der Waals surface area contributed by atoms with Crippen molar-refractivity contribution in [3.05, 3.63) is 77.9 Å². The highest BCUT2D eigenvalue weighted by Crippen LogP contribution is 2.28. The molecule has 0 saturated heterocycles. The van der Waals surface area contributed by atoms with Crippen LogP contribution >= 0.6 is 11.3 Å². The van der Waals surface area contributed by atoms with Crippen molar-refractivity contribution in [2.24, 2.45) is 0 Å². The van der Waals surface area contributed by atoms with Gasteiger partial charge < -0.3 is 9.47 Å². The van der Waals surface area contributed by atoms with Crippen molar-refractivity contribution in [2.75, 3.05) is 7.05 Å². The number of nitrogens with zero attached hydrogens (tertiary/aromatic N) is 2. The van der Waals surface area contributed by atoms with Gasteiger partial charge in [-0.2, -0.15) is 11.3 Å². The summed E-state index contributed by atoms with van der Waals surface area (Å²) in [6.07, 6.45) is 12.6. The molecule has 0 unspecified atom stereocenters. The maximum absolute atomic E-state index is 2.27. The van der Waals surface area contributed by atoms with E-state index >= 15 is 0 Å². The smallest absolute Gasteiger partial charge is 0.0617 e. The Bertz CT molecular complexity index is 895. The molecule has 1 aliphatic heterocycles. The van der Waals surface area contributed by atoms with Crippen LogP contribution in [0.25, 0.3) is 27.7 Å². The molecule has 3 heterocycles. The Kier molecular flexibility index (Phi) is 3.20. The summed E-state index contributed by atoms with van der Waals surface area (Å²) in [4.78, 5) is 2.07. The monoisotopic (exact) mass is 304 g/mol. The van der Waals surface area contributed by atoms with Crippen molar-refractivity contribution < 1.29 is 0 Å². The number of aromatic nitrogens is 1. The van der Waals surface area contributed by atoms with Crippen molar-refractivity contribution >= 4 is 27.9 Å². The lowest BCUT2D eigenvalue weighted by atomic mass is 10.1. The Hall–Kier alpha value is -2.52. The van der Waals surface area contributed by atoms with E-state index in [1.807, 2.05) is 19.3 Å². The van der Waals surface area contributed by atoms with Gasteiger partial charge in [-0.05, 0) is 57.6 Å². The molecule has 1 aromatic carbocycles. The minimum absolute atomic E-state index is 1.16. The maximum atomic E-state index is 2.27. The van der Waals surface area contributed by atoms with Gasteiger partial charge in [0.2, 0.25) is 0 Å². The lowest BCUT2D eigenvalue weighted by molar-refractivity contribution is 0.627. The van der Waals surface area contributed by atoms with Gasteiger partial charge in [0.25, 0.3) is 0 Å². The first-order valence-electron chi connectivity index (χ1n) is 7.24. The Morgan fingerprint density at radius 2 is 1.95 bits per heavy atom. The Balaban J connectivity index is 1.87. The lowest BCUT2D eigenvalue weighted by Gasteiger charge is -2.11. The zero-order valence-corrected chi connectivity index (χ0v) is 13.1. The highest BCUT2D eigenvalue weighted by atomic mass is 32.1. The number of thiophene rings is 1. The Morgan fingerprint density at radius 1 is 1.00 bits per heavy atom. The molecule has 22 heavy (non-hydrogen) atoms. The van der Waals surface area contributed by atoms with E-state index in [-0.39, 0.29) is 0 Å². The molecule has 0 saturated carbocycles. The van der Waals surface area contributed by atoms with Crippen molar-refractivity contribution in [2.45, 2.75) is 0 Å². The number of fused-ring (bicyclic) bond motifs is 1. The molecule has 3 aromatic rings. The SMILES string of the molecule is CN1C=CC=CC(n2ccc3ccc(-c4ccsc4)cc32)=C1. The summed E-state index contributed by atoms with van der Waals surface area (Å²) in [5.41, 5.74) is 4.93. The minimum Gasteiger partial charge on any atom is -0.355 e. The zero-order valence-electron chi connectivity index (χ0n) is 12.3. The van der Waals surface area contributed by atoms with Gasteiger partial charge in [0.05, 0.1) is 11.2 Å².